The van der Waals surface area contributed by atoms with Crippen molar-refractivity contribution >= 4 is 39.3 Å². The normalized spacial score (nSPS) is 11.3. The number of hydrogen-bond acceptors (Lipinski definition) is 2. The molecule has 2 rings (SSSR count). The molecule has 0 atom stereocenters. The summed E-state index contributed by atoms with van der Waals surface area (Å²) in [6.45, 7) is 5.46. The lowest BCUT2D eigenvalue weighted by Crippen LogP contribution is -2.01. The van der Waals surface area contributed by atoms with Crippen LogP contribution in [-0.4, -0.2) is 6.61 Å². The zero-order chi connectivity index (χ0) is 18.4. The highest BCUT2D eigenvalue weighted by Gasteiger charge is 2.05. The quantitative estimate of drug-likeness (QED) is 0.403. The van der Waals surface area contributed by atoms with Gasteiger partial charge in [0.15, 0.2) is 0 Å². The van der Waals surface area contributed by atoms with Crippen molar-refractivity contribution in [2.75, 3.05) is 0 Å². The minimum Gasteiger partial charge on any atom is -0.435 e. The molecule has 132 valence electrons. The van der Waals surface area contributed by atoms with Crippen LogP contribution >= 0.6 is 34.4 Å². The molecule has 0 radical (unpaired) electrons. The third-order valence-corrected chi connectivity index (χ3v) is 5.67. The fourth-order valence-electron chi connectivity index (χ4n) is 2.26. The van der Waals surface area contributed by atoms with Gasteiger partial charge in [0.2, 0.25) is 0 Å². The zero-order valence-corrected chi connectivity index (χ0v) is 17.0. The van der Waals surface area contributed by atoms with E-state index < -0.39 is 6.61 Å². The van der Waals surface area contributed by atoms with Gasteiger partial charge in [-0.2, -0.15) is 8.78 Å². The monoisotopic (exact) mass is 472 g/mol. The molecular formula is C20H19F2IOS. The number of hydrogen-bond donors (Lipinski definition) is 0. The van der Waals surface area contributed by atoms with Crippen molar-refractivity contribution in [2.45, 2.75) is 26.9 Å². The van der Waals surface area contributed by atoms with Crippen LogP contribution in [0.3, 0.4) is 0 Å². The van der Waals surface area contributed by atoms with Gasteiger partial charge in [0.1, 0.15) is 5.75 Å². The first kappa shape index (κ1) is 20.0. The van der Waals surface area contributed by atoms with E-state index in [1.54, 1.807) is 12.1 Å². The van der Waals surface area contributed by atoms with Gasteiger partial charge >= 0.3 is 6.61 Å². The number of benzene rings is 2. The van der Waals surface area contributed by atoms with E-state index in [9.17, 15) is 8.78 Å². The molecule has 0 heterocycles. The van der Waals surface area contributed by atoms with Crippen LogP contribution in [0.15, 0.2) is 54.5 Å². The van der Waals surface area contributed by atoms with Gasteiger partial charge in [0.25, 0.3) is 0 Å². The maximum atomic E-state index is 12.1. The van der Waals surface area contributed by atoms with E-state index in [0.29, 0.717) is 0 Å². The van der Waals surface area contributed by atoms with E-state index in [4.69, 9.17) is 0 Å². The third kappa shape index (κ3) is 6.15. The molecule has 0 aromatic heterocycles. The molecule has 1 nitrogen and oxygen atoms in total. The first-order chi connectivity index (χ1) is 11.9. The Hall–Kier alpha value is -1.34. The van der Waals surface area contributed by atoms with Crippen molar-refractivity contribution in [1.29, 1.82) is 0 Å². The molecule has 0 spiro atoms. The van der Waals surface area contributed by atoms with E-state index in [2.05, 4.69) is 66.0 Å². The second-order valence-electron chi connectivity index (χ2n) is 5.55. The first-order valence-electron chi connectivity index (χ1n) is 7.68. The highest BCUT2D eigenvalue weighted by Crippen LogP contribution is 2.28. The minimum absolute atomic E-state index is 0.150. The van der Waals surface area contributed by atoms with Crippen LogP contribution in [0.1, 0.15) is 22.3 Å². The Morgan fingerprint density at radius 3 is 2.52 bits per heavy atom. The van der Waals surface area contributed by atoms with Crippen molar-refractivity contribution in [1.82, 2.24) is 0 Å². The Labute approximate surface area is 165 Å². The van der Waals surface area contributed by atoms with E-state index in [1.165, 1.54) is 44.2 Å². The van der Waals surface area contributed by atoms with Gasteiger partial charge in [0, 0.05) is 8.48 Å². The van der Waals surface area contributed by atoms with Crippen molar-refractivity contribution < 1.29 is 13.5 Å². The van der Waals surface area contributed by atoms with Gasteiger partial charge in [-0.25, -0.2) is 0 Å². The van der Waals surface area contributed by atoms with Crippen LogP contribution in [0.25, 0.3) is 4.91 Å². The summed E-state index contributed by atoms with van der Waals surface area (Å²) in [5.74, 6) is 0.150. The molecule has 0 aliphatic carbocycles. The lowest BCUT2D eigenvalue weighted by Gasteiger charge is -2.07. The number of ether oxygens (including phenoxy) is 1. The maximum Gasteiger partial charge on any atom is 0.387 e. The molecule has 0 bridgehead atoms. The molecule has 0 aliphatic heterocycles. The maximum absolute atomic E-state index is 12.1. The summed E-state index contributed by atoms with van der Waals surface area (Å²) in [5.41, 5.74) is 4.78. The van der Waals surface area contributed by atoms with Gasteiger partial charge in [-0.3, -0.25) is 0 Å². The highest BCUT2D eigenvalue weighted by atomic mass is 127. The number of alkyl halides is 2. The predicted molar refractivity (Wildman–Crippen MR) is 111 cm³/mol. The number of halogens is 3. The van der Waals surface area contributed by atoms with Gasteiger partial charge in [-0.1, -0.05) is 42.6 Å². The van der Waals surface area contributed by atoms with Crippen LogP contribution in [0.2, 0.25) is 0 Å². The summed E-state index contributed by atoms with van der Waals surface area (Å²) in [6, 6.07) is 10.9. The number of thioether (sulfide) groups is 1. The van der Waals surface area contributed by atoms with Gasteiger partial charge in [-0.15, -0.1) is 0 Å². The van der Waals surface area contributed by atoms with Crippen molar-refractivity contribution in [2.24, 2.45) is 0 Å². The molecule has 0 fully saturated rings. The molecule has 0 saturated heterocycles. The van der Waals surface area contributed by atoms with Crippen LogP contribution in [0, 0.1) is 17.4 Å². The molecule has 2 aromatic rings. The summed E-state index contributed by atoms with van der Waals surface area (Å²) in [5, 5.41) is 2.01. The number of allylic oxidation sites excluding steroid dienone is 1. The van der Waals surface area contributed by atoms with Crippen molar-refractivity contribution in [3.05, 3.63) is 80.3 Å². The van der Waals surface area contributed by atoms with Crippen LogP contribution < -0.4 is 4.74 Å². The molecule has 0 unspecified atom stereocenters. The molecule has 5 heteroatoms. The fourth-order valence-corrected chi connectivity index (χ4v) is 3.51. The average Bonchev–Trinajstić information content (AvgIpc) is 2.56. The van der Waals surface area contributed by atoms with Crippen molar-refractivity contribution in [3.8, 4) is 5.75 Å². The standard InChI is InChI=1S/C20H19F2IOS/c1-13-12-19(23)14(2)11-17(13)5-4-10-25-15(3)16-6-8-18(9-7-16)24-20(21)22/h4,6-12,20H,3,5H2,1-2H3/b10-4+. The second kappa shape index (κ2) is 9.38. The zero-order valence-electron chi connectivity index (χ0n) is 14.1. The molecule has 25 heavy (non-hydrogen) atoms. The molecule has 0 amide bonds. The van der Waals surface area contributed by atoms with E-state index in [0.717, 1.165) is 16.9 Å². The summed E-state index contributed by atoms with van der Waals surface area (Å²) in [4.78, 5) is 0.857. The third-order valence-electron chi connectivity index (χ3n) is 3.66. The van der Waals surface area contributed by atoms with E-state index >= 15 is 0 Å². The Bertz CT molecular complexity index is 770. The van der Waals surface area contributed by atoms with Gasteiger partial charge < -0.3 is 4.74 Å². The smallest absolute Gasteiger partial charge is 0.387 e. The molecule has 2 aromatic carbocycles. The highest BCUT2D eigenvalue weighted by molar-refractivity contribution is 14.1. The summed E-state index contributed by atoms with van der Waals surface area (Å²) in [6.07, 6.45) is 2.98. The lowest BCUT2D eigenvalue weighted by molar-refractivity contribution is -0.0498. The Morgan fingerprint density at radius 1 is 1.20 bits per heavy atom. The number of aryl methyl sites for hydroxylation is 2. The predicted octanol–water partition coefficient (Wildman–Crippen LogP) is 6.97. The van der Waals surface area contributed by atoms with Crippen molar-refractivity contribution in [3.63, 3.8) is 0 Å². The largest absolute Gasteiger partial charge is 0.435 e. The number of rotatable bonds is 7. The summed E-state index contributed by atoms with van der Waals surface area (Å²) in [7, 11) is 0. The van der Waals surface area contributed by atoms with Gasteiger partial charge in [0.05, 0.1) is 0 Å². The average molecular weight is 472 g/mol. The Kier molecular flexibility index (Phi) is 7.50. The summed E-state index contributed by atoms with van der Waals surface area (Å²) < 4.78 is 29.9. The summed E-state index contributed by atoms with van der Waals surface area (Å²) >= 11 is 3.87. The van der Waals surface area contributed by atoms with Gasteiger partial charge in [-0.05, 0) is 88.7 Å². The molecular weight excluding hydrogens is 453 g/mol. The molecule has 0 N–H and O–H groups in total. The van der Waals surface area contributed by atoms with Crippen LogP contribution in [-0.2, 0) is 6.42 Å². The second-order valence-corrected chi connectivity index (χ2v) is 7.71. The first-order valence-corrected chi connectivity index (χ1v) is 9.64. The lowest BCUT2D eigenvalue weighted by atomic mass is 10.0. The Balaban J connectivity index is 1.91. The minimum atomic E-state index is -2.81. The SMILES string of the molecule is C=C(S/C=C/Cc1cc(C)c(I)cc1C)c1ccc(OC(F)F)cc1. The van der Waals surface area contributed by atoms with E-state index in [1.807, 2.05) is 5.41 Å². The van der Waals surface area contributed by atoms with E-state index in [-0.39, 0.29) is 5.75 Å². The topological polar surface area (TPSA) is 9.23 Å². The van der Waals surface area contributed by atoms with Crippen LogP contribution in [0.5, 0.6) is 5.75 Å². The fraction of sp³-hybridized carbons (Fsp3) is 0.200. The molecule has 0 saturated carbocycles. The van der Waals surface area contributed by atoms with Crippen LogP contribution in [0.4, 0.5) is 8.78 Å². The molecule has 0 aliphatic rings. The Morgan fingerprint density at radius 2 is 1.88 bits per heavy atom.